The Morgan fingerprint density at radius 1 is 0.507 bits per heavy atom. The highest BCUT2D eigenvalue weighted by Crippen LogP contribution is 2.37. The molecule has 12 heteroatoms. The minimum Gasteiger partial charge on any atom is -0.497 e. The molecule has 1 heterocycles. The summed E-state index contributed by atoms with van der Waals surface area (Å²) in [6.45, 7) is 12.3. The number of hydrogen-bond acceptors (Lipinski definition) is 11. The van der Waals surface area contributed by atoms with Crippen molar-refractivity contribution in [1.29, 1.82) is 0 Å². The summed E-state index contributed by atoms with van der Waals surface area (Å²) >= 11 is 0. The highest BCUT2D eigenvalue weighted by atomic mass is 16.5. The molecule has 12 nitrogen and oxygen atoms in total. The minimum absolute atomic E-state index is 0. The van der Waals surface area contributed by atoms with Crippen LogP contribution in [0.3, 0.4) is 0 Å². The van der Waals surface area contributed by atoms with Crippen molar-refractivity contribution in [3.8, 4) is 11.5 Å². The summed E-state index contributed by atoms with van der Waals surface area (Å²) in [6.07, 6.45) is 4.39. The van der Waals surface area contributed by atoms with Gasteiger partial charge in [0.2, 0.25) is 0 Å². The predicted octanol–water partition coefficient (Wildman–Crippen LogP) is 14.1. The van der Waals surface area contributed by atoms with Gasteiger partial charge in [0.25, 0.3) is 0 Å². The van der Waals surface area contributed by atoms with Gasteiger partial charge in [0.15, 0.2) is 0 Å². The SMILES string of the molecule is C.CC(C)C(=O)O.COc1ccc(N(c2ccc(CC(=O)C(C)C)cc2)c2ccc(CC(=O)C(C)C)cc2)cc1.COc1ccc(N(c2ccc(N)cc2)c2ccc(N)cc2)cc1.[2H]CC(C)=O.c1ccncc1. The lowest BCUT2D eigenvalue weighted by Crippen LogP contribution is -2.12. The van der Waals surface area contributed by atoms with E-state index in [1.807, 2.05) is 191 Å². The normalized spacial score (nSPS) is 10.2. The van der Waals surface area contributed by atoms with Crippen LogP contribution in [0.15, 0.2) is 176 Å². The number of benzene rings is 6. The first-order chi connectivity index (χ1) is 34.9. The van der Waals surface area contributed by atoms with Crippen LogP contribution < -0.4 is 30.7 Å². The molecule has 0 bridgehead atoms. The molecule has 0 spiro atoms. The molecule has 7 rings (SSSR count). The van der Waals surface area contributed by atoms with E-state index in [1.54, 1.807) is 40.5 Å². The second-order valence-electron chi connectivity index (χ2n) is 17.4. The third kappa shape index (κ3) is 21.7. The van der Waals surface area contributed by atoms with Gasteiger partial charge >= 0.3 is 5.97 Å². The zero-order valence-corrected chi connectivity index (χ0v) is 43.0. The number of nitrogens with two attached hydrogens (primary N) is 2. The van der Waals surface area contributed by atoms with Crippen LogP contribution in [-0.2, 0) is 32.0 Å². The highest BCUT2D eigenvalue weighted by molar-refractivity contribution is 5.84. The molecule has 0 aliphatic rings. The van der Waals surface area contributed by atoms with E-state index >= 15 is 0 Å². The number of rotatable bonds is 15. The van der Waals surface area contributed by atoms with Crippen molar-refractivity contribution in [2.24, 2.45) is 17.8 Å². The maximum Gasteiger partial charge on any atom is 0.305 e. The average Bonchev–Trinajstić information content (AvgIpc) is 3.40. The maximum absolute atomic E-state index is 12.1. The number of ether oxygens (including phenoxy) is 2. The van der Waals surface area contributed by atoms with E-state index in [-0.39, 0.29) is 49.4 Å². The molecule has 5 N–H and O–H groups in total. The number of Topliss-reactive ketones (excluding diaryl/α,β-unsaturated/α-hetero) is 3. The molecule has 0 amide bonds. The van der Waals surface area contributed by atoms with E-state index in [0.29, 0.717) is 12.8 Å². The molecule has 0 fully saturated rings. The molecule has 7 aromatic rings. The monoisotopic (exact) mass is 991 g/mol. The van der Waals surface area contributed by atoms with E-state index in [4.69, 9.17) is 27.4 Å². The first-order valence-corrected chi connectivity index (χ1v) is 23.6. The molecular weight excluding hydrogens is 915 g/mol. The quantitative estimate of drug-likeness (QED) is 0.0829. The molecule has 0 saturated carbocycles. The topological polar surface area (TPSA) is 178 Å². The van der Waals surface area contributed by atoms with E-state index in [2.05, 4.69) is 14.8 Å². The van der Waals surface area contributed by atoms with Gasteiger partial charge in [-0.25, -0.2) is 0 Å². The number of nitrogen functional groups attached to an aromatic ring is 2. The molecular formula is C61H75N5O7. The van der Waals surface area contributed by atoms with E-state index in [9.17, 15) is 19.2 Å². The van der Waals surface area contributed by atoms with Gasteiger partial charge in [0, 0.05) is 83.9 Å². The van der Waals surface area contributed by atoms with Crippen LogP contribution in [0.25, 0.3) is 0 Å². The second-order valence-corrected chi connectivity index (χ2v) is 17.4. The summed E-state index contributed by atoms with van der Waals surface area (Å²) < 4.78 is 16.9. The molecule has 0 aliphatic heterocycles. The van der Waals surface area contributed by atoms with Crippen LogP contribution in [0.2, 0.25) is 0 Å². The number of pyridine rings is 1. The summed E-state index contributed by atoms with van der Waals surface area (Å²) in [7, 11) is 3.31. The summed E-state index contributed by atoms with van der Waals surface area (Å²) in [5.41, 5.74) is 21.2. The van der Waals surface area contributed by atoms with E-state index < -0.39 is 5.97 Å². The standard InChI is InChI=1S/C29H33NO3.C19H19N3O.C5H5N.C4H8O2.C3H6O.CH4/c1-20(2)28(31)18-22-6-10-24(11-7-22)30(26-14-16-27(33-5)17-15-26)25-12-8-23(9-13-25)19-29(32)21(3)4;1-23-19-12-10-18(11-13-19)22(16-6-2-14(20)3-7-16)17-8-4-15(21)5-9-17;1-2-4-6-5-3-1;1-3(2)4(5)6;1-3(2)4;/h6-17,20-21H,18-19H2,1-5H3;2-13H,20-21H2,1H3;1-5H;3H,1-2H3,(H,5,6);1-2H3;1H4/i;;;;1D;. The first kappa shape index (κ1) is 59.1. The lowest BCUT2D eigenvalue weighted by molar-refractivity contribution is -0.140. The number of anilines is 8. The Balaban J connectivity index is 0.000000391. The fourth-order valence-corrected chi connectivity index (χ4v) is 6.25. The molecule has 0 saturated heterocycles. The Labute approximate surface area is 435 Å². The summed E-state index contributed by atoms with van der Waals surface area (Å²) in [6, 6.07) is 53.3. The Bertz CT molecular complexity index is 2560. The van der Waals surface area contributed by atoms with Gasteiger partial charge in [0.05, 0.1) is 20.1 Å². The van der Waals surface area contributed by atoms with Gasteiger partial charge in [-0.15, -0.1) is 0 Å². The van der Waals surface area contributed by atoms with Crippen molar-refractivity contribution in [3.05, 3.63) is 187 Å². The maximum atomic E-state index is 12.1. The van der Waals surface area contributed by atoms with Crippen molar-refractivity contribution >= 4 is 68.8 Å². The molecule has 386 valence electrons. The number of carboxylic acid groups (broad SMARTS) is 1. The number of carbonyl (C=O) groups is 4. The molecule has 0 unspecified atom stereocenters. The number of aromatic nitrogens is 1. The Morgan fingerprint density at radius 3 is 0.959 bits per heavy atom. The molecule has 73 heavy (non-hydrogen) atoms. The Kier molecular flexibility index (Phi) is 25.8. The van der Waals surface area contributed by atoms with Crippen molar-refractivity contribution < 1.29 is 35.1 Å². The van der Waals surface area contributed by atoms with Gasteiger partial charge in [-0.3, -0.25) is 19.4 Å². The summed E-state index contributed by atoms with van der Waals surface area (Å²) in [4.78, 5) is 51.7. The molecule has 0 aliphatic carbocycles. The largest absolute Gasteiger partial charge is 0.497 e. The number of ketones is 3. The van der Waals surface area contributed by atoms with Gasteiger partial charge in [0.1, 0.15) is 28.8 Å². The zero-order valence-electron chi connectivity index (χ0n) is 44.0. The summed E-state index contributed by atoms with van der Waals surface area (Å²) in [5, 5.41) is 7.99. The Morgan fingerprint density at radius 2 is 0.767 bits per heavy atom. The molecule has 6 aromatic carbocycles. The van der Waals surface area contributed by atoms with Crippen LogP contribution in [0, 0.1) is 17.8 Å². The predicted molar refractivity (Wildman–Crippen MR) is 301 cm³/mol. The fraction of sp³-hybridized carbons (Fsp3) is 0.262. The average molecular weight is 991 g/mol. The van der Waals surface area contributed by atoms with Crippen LogP contribution in [0.5, 0.6) is 11.5 Å². The van der Waals surface area contributed by atoms with Crippen LogP contribution >= 0.6 is 0 Å². The lowest BCUT2D eigenvalue weighted by Gasteiger charge is -2.26. The number of carboxylic acids is 1. The van der Waals surface area contributed by atoms with Crippen molar-refractivity contribution in [2.75, 3.05) is 35.5 Å². The van der Waals surface area contributed by atoms with Crippen molar-refractivity contribution in [2.45, 2.75) is 75.6 Å². The van der Waals surface area contributed by atoms with Crippen LogP contribution in [-0.4, -0.2) is 47.6 Å². The van der Waals surface area contributed by atoms with Gasteiger partial charge in [-0.2, -0.15) is 0 Å². The van der Waals surface area contributed by atoms with Gasteiger partial charge in [-0.1, -0.05) is 79.3 Å². The third-order valence-corrected chi connectivity index (χ3v) is 10.5. The zero-order chi connectivity index (χ0) is 53.9. The fourth-order valence-electron chi connectivity index (χ4n) is 6.25. The molecule has 1 aromatic heterocycles. The molecule has 0 radical (unpaired) electrons. The van der Waals surface area contributed by atoms with Crippen molar-refractivity contribution in [1.82, 2.24) is 4.98 Å². The summed E-state index contributed by atoms with van der Waals surface area (Å²) in [5.74, 6) is 1.10. The number of carbonyl (C=O) groups excluding carboxylic acids is 3. The number of methoxy groups -OCH3 is 2. The van der Waals surface area contributed by atoms with E-state index in [1.165, 1.54) is 6.92 Å². The Hall–Kier alpha value is -8.25. The van der Waals surface area contributed by atoms with Gasteiger partial charge < -0.3 is 40.6 Å². The number of hydrogen-bond donors (Lipinski definition) is 3. The highest BCUT2D eigenvalue weighted by Gasteiger charge is 2.16. The third-order valence-electron chi connectivity index (χ3n) is 10.5. The van der Waals surface area contributed by atoms with Crippen molar-refractivity contribution in [3.63, 3.8) is 0 Å². The second kappa shape index (κ2) is 31.9. The minimum atomic E-state index is -0.741. The van der Waals surface area contributed by atoms with Crippen LogP contribution in [0.1, 0.15) is 75.3 Å². The smallest absolute Gasteiger partial charge is 0.305 e. The lowest BCUT2D eigenvalue weighted by atomic mass is 10.00. The number of aliphatic carboxylic acids is 1. The first-order valence-electron chi connectivity index (χ1n) is 24.3. The number of nitrogens with zero attached hydrogens (tertiary/aromatic N) is 3. The van der Waals surface area contributed by atoms with Gasteiger partial charge in [-0.05, 0) is 158 Å². The van der Waals surface area contributed by atoms with Crippen LogP contribution in [0.4, 0.5) is 45.5 Å². The van der Waals surface area contributed by atoms with E-state index in [0.717, 1.165) is 68.1 Å². The molecule has 0 atom stereocenters.